The van der Waals surface area contributed by atoms with Crippen molar-refractivity contribution in [3.05, 3.63) is 34.9 Å². The molecule has 0 bridgehead atoms. The number of benzene rings is 1. The molecule has 0 spiro atoms. The van der Waals surface area contributed by atoms with Crippen molar-refractivity contribution in [1.29, 1.82) is 0 Å². The van der Waals surface area contributed by atoms with Gasteiger partial charge in [0.05, 0.1) is 12.0 Å². The SMILES string of the molecule is Cc1ccc(C(Cl)C2CCOC2)cc1C. The van der Waals surface area contributed by atoms with Crippen molar-refractivity contribution in [2.24, 2.45) is 5.92 Å². The van der Waals surface area contributed by atoms with Gasteiger partial charge < -0.3 is 4.74 Å². The normalized spacial score (nSPS) is 23.0. The second-order valence-electron chi connectivity index (χ2n) is 4.37. The van der Waals surface area contributed by atoms with Crippen LogP contribution in [0.4, 0.5) is 0 Å². The molecule has 0 aromatic heterocycles. The van der Waals surface area contributed by atoms with Gasteiger partial charge in [-0.25, -0.2) is 0 Å². The smallest absolute Gasteiger partial charge is 0.0636 e. The van der Waals surface area contributed by atoms with Gasteiger partial charge in [0.15, 0.2) is 0 Å². The Morgan fingerprint density at radius 2 is 2.13 bits per heavy atom. The Hall–Kier alpha value is -0.530. The fourth-order valence-electron chi connectivity index (χ4n) is 1.99. The zero-order valence-corrected chi connectivity index (χ0v) is 10.1. The Labute approximate surface area is 96.4 Å². The quantitative estimate of drug-likeness (QED) is 0.698. The number of alkyl halides is 1. The van der Waals surface area contributed by atoms with Gasteiger partial charge in [0.2, 0.25) is 0 Å². The summed E-state index contributed by atoms with van der Waals surface area (Å²) in [5.41, 5.74) is 3.87. The maximum atomic E-state index is 6.46. The fourth-order valence-corrected chi connectivity index (χ4v) is 2.33. The van der Waals surface area contributed by atoms with Crippen molar-refractivity contribution in [3.8, 4) is 0 Å². The van der Waals surface area contributed by atoms with Crippen LogP contribution in [0.5, 0.6) is 0 Å². The van der Waals surface area contributed by atoms with Crippen LogP contribution in [0.1, 0.15) is 28.5 Å². The monoisotopic (exact) mass is 224 g/mol. The fraction of sp³-hybridized carbons (Fsp3) is 0.538. The highest BCUT2D eigenvalue weighted by Gasteiger charge is 2.25. The first-order valence-corrected chi connectivity index (χ1v) is 5.91. The predicted octanol–water partition coefficient (Wildman–Crippen LogP) is 3.62. The lowest BCUT2D eigenvalue weighted by molar-refractivity contribution is 0.185. The Bertz CT molecular complexity index is 342. The lowest BCUT2D eigenvalue weighted by atomic mass is 9.95. The summed E-state index contributed by atoms with van der Waals surface area (Å²) in [6.45, 7) is 5.93. The zero-order chi connectivity index (χ0) is 10.8. The molecule has 1 heterocycles. The van der Waals surface area contributed by atoms with Crippen molar-refractivity contribution in [2.75, 3.05) is 13.2 Å². The van der Waals surface area contributed by atoms with Crippen LogP contribution < -0.4 is 0 Å². The summed E-state index contributed by atoms with van der Waals surface area (Å²) in [5, 5.41) is 0.104. The summed E-state index contributed by atoms with van der Waals surface area (Å²) >= 11 is 6.46. The number of ether oxygens (including phenoxy) is 1. The third-order valence-corrected chi connectivity index (χ3v) is 3.84. The molecule has 1 aromatic rings. The van der Waals surface area contributed by atoms with E-state index in [1.54, 1.807) is 0 Å². The number of hydrogen-bond donors (Lipinski definition) is 0. The first kappa shape index (κ1) is 11.0. The van der Waals surface area contributed by atoms with Gasteiger partial charge in [-0.05, 0) is 37.0 Å². The van der Waals surface area contributed by atoms with E-state index < -0.39 is 0 Å². The molecule has 1 aliphatic heterocycles. The third kappa shape index (κ3) is 2.35. The van der Waals surface area contributed by atoms with E-state index in [1.165, 1.54) is 16.7 Å². The molecule has 1 nitrogen and oxygen atoms in total. The van der Waals surface area contributed by atoms with E-state index in [0.29, 0.717) is 5.92 Å². The molecule has 2 atom stereocenters. The predicted molar refractivity (Wildman–Crippen MR) is 63.4 cm³/mol. The molecule has 1 fully saturated rings. The zero-order valence-electron chi connectivity index (χ0n) is 9.29. The molecular formula is C13H17ClO. The van der Waals surface area contributed by atoms with Crippen LogP contribution in [0.25, 0.3) is 0 Å². The highest BCUT2D eigenvalue weighted by molar-refractivity contribution is 6.21. The minimum Gasteiger partial charge on any atom is -0.381 e. The van der Waals surface area contributed by atoms with Crippen LogP contribution in [0.15, 0.2) is 18.2 Å². The van der Waals surface area contributed by atoms with E-state index in [2.05, 4.69) is 32.0 Å². The first-order valence-electron chi connectivity index (χ1n) is 5.47. The number of aryl methyl sites for hydroxylation is 2. The molecule has 15 heavy (non-hydrogen) atoms. The van der Waals surface area contributed by atoms with Gasteiger partial charge in [0.25, 0.3) is 0 Å². The van der Waals surface area contributed by atoms with Gasteiger partial charge in [-0.2, -0.15) is 0 Å². The number of halogens is 1. The van der Waals surface area contributed by atoms with Gasteiger partial charge in [-0.3, -0.25) is 0 Å². The Kier molecular flexibility index (Phi) is 3.32. The number of hydrogen-bond acceptors (Lipinski definition) is 1. The summed E-state index contributed by atoms with van der Waals surface area (Å²) in [6, 6.07) is 6.49. The van der Waals surface area contributed by atoms with E-state index in [4.69, 9.17) is 16.3 Å². The van der Waals surface area contributed by atoms with Crippen molar-refractivity contribution in [3.63, 3.8) is 0 Å². The van der Waals surface area contributed by atoms with Gasteiger partial charge in [0.1, 0.15) is 0 Å². The molecule has 1 aliphatic rings. The van der Waals surface area contributed by atoms with Crippen LogP contribution in [0, 0.1) is 19.8 Å². The van der Waals surface area contributed by atoms with Gasteiger partial charge in [-0.1, -0.05) is 18.2 Å². The van der Waals surface area contributed by atoms with Gasteiger partial charge in [-0.15, -0.1) is 11.6 Å². The van der Waals surface area contributed by atoms with Crippen molar-refractivity contribution < 1.29 is 4.74 Å². The molecule has 1 saturated heterocycles. The standard InChI is InChI=1S/C13H17ClO/c1-9-3-4-11(7-10(9)2)13(14)12-5-6-15-8-12/h3-4,7,12-13H,5-6,8H2,1-2H3. The van der Waals surface area contributed by atoms with Crippen LogP contribution in [0.3, 0.4) is 0 Å². The van der Waals surface area contributed by atoms with E-state index in [1.807, 2.05) is 0 Å². The molecule has 0 radical (unpaired) electrons. The Morgan fingerprint density at radius 1 is 1.33 bits per heavy atom. The van der Waals surface area contributed by atoms with Crippen molar-refractivity contribution in [1.82, 2.24) is 0 Å². The first-order chi connectivity index (χ1) is 7.18. The average Bonchev–Trinajstić information content (AvgIpc) is 2.74. The summed E-state index contributed by atoms with van der Waals surface area (Å²) in [5.74, 6) is 0.480. The van der Waals surface area contributed by atoms with Gasteiger partial charge in [0, 0.05) is 12.5 Å². The molecule has 0 N–H and O–H groups in total. The largest absolute Gasteiger partial charge is 0.381 e. The molecule has 0 saturated carbocycles. The molecule has 82 valence electrons. The van der Waals surface area contributed by atoms with E-state index in [0.717, 1.165) is 19.6 Å². The lowest BCUT2D eigenvalue weighted by Gasteiger charge is -2.16. The van der Waals surface area contributed by atoms with E-state index in [9.17, 15) is 0 Å². The Balaban J connectivity index is 2.17. The molecule has 1 aromatic carbocycles. The van der Waals surface area contributed by atoms with E-state index in [-0.39, 0.29) is 5.38 Å². The molecule has 0 amide bonds. The second kappa shape index (κ2) is 4.54. The second-order valence-corrected chi connectivity index (χ2v) is 4.84. The molecule has 2 unspecified atom stereocenters. The molecular weight excluding hydrogens is 208 g/mol. The van der Waals surface area contributed by atoms with Crippen LogP contribution in [0.2, 0.25) is 0 Å². The van der Waals surface area contributed by atoms with Crippen LogP contribution in [-0.4, -0.2) is 13.2 Å². The highest BCUT2D eigenvalue weighted by atomic mass is 35.5. The third-order valence-electron chi connectivity index (χ3n) is 3.23. The van der Waals surface area contributed by atoms with Crippen molar-refractivity contribution >= 4 is 11.6 Å². The van der Waals surface area contributed by atoms with Gasteiger partial charge >= 0.3 is 0 Å². The van der Waals surface area contributed by atoms with Crippen LogP contribution >= 0.6 is 11.6 Å². The molecule has 2 rings (SSSR count). The Morgan fingerprint density at radius 3 is 2.73 bits per heavy atom. The van der Waals surface area contributed by atoms with Crippen molar-refractivity contribution in [2.45, 2.75) is 25.6 Å². The topological polar surface area (TPSA) is 9.23 Å². The summed E-state index contributed by atoms with van der Waals surface area (Å²) in [6.07, 6.45) is 1.08. The minimum absolute atomic E-state index is 0.104. The average molecular weight is 225 g/mol. The van der Waals surface area contributed by atoms with Crippen LogP contribution in [-0.2, 0) is 4.74 Å². The maximum absolute atomic E-state index is 6.46. The molecule has 0 aliphatic carbocycles. The minimum atomic E-state index is 0.104. The number of rotatable bonds is 2. The summed E-state index contributed by atoms with van der Waals surface area (Å²) in [4.78, 5) is 0. The molecule has 2 heteroatoms. The van der Waals surface area contributed by atoms with E-state index >= 15 is 0 Å². The lowest BCUT2D eigenvalue weighted by Crippen LogP contribution is -2.07. The summed E-state index contributed by atoms with van der Waals surface area (Å²) in [7, 11) is 0. The highest BCUT2D eigenvalue weighted by Crippen LogP contribution is 2.34. The maximum Gasteiger partial charge on any atom is 0.0636 e. The summed E-state index contributed by atoms with van der Waals surface area (Å²) < 4.78 is 5.37.